The second-order valence-corrected chi connectivity index (χ2v) is 6.22. The number of furan rings is 1. The van der Waals surface area contributed by atoms with Gasteiger partial charge >= 0.3 is 0 Å². The van der Waals surface area contributed by atoms with Crippen molar-refractivity contribution < 1.29 is 22.8 Å². The van der Waals surface area contributed by atoms with Crippen molar-refractivity contribution >= 4 is 17.5 Å². The molecule has 3 rings (SSSR count). The Bertz CT molecular complexity index is 784. The third-order valence-electron chi connectivity index (χ3n) is 4.66. The number of likely N-dealkylation sites (tertiary alicyclic amines) is 1. The second kappa shape index (κ2) is 7.68. The molecule has 1 aromatic heterocycles. The maximum Gasteiger partial charge on any atom is 0.289 e. The Morgan fingerprint density at radius 1 is 1.19 bits per heavy atom. The summed E-state index contributed by atoms with van der Waals surface area (Å²) in [5.41, 5.74) is 0.338. The molecule has 0 unspecified atom stereocenters. The van der Waals surface area contributed by atoms with Crippen LogP contribution in [0.1, 0.15) is 30.3 Å². The Hall–Kier alpha value is -2.70. The molecule has 1 aliphatic rings. The third-order valence-corrected chi connectivity index (χ3v) is 4.66. The average molecular weight is 362 g/mol. The first-order valence-corrected chi connectivity index (χ1v) is 8.60. The Balaban J connectivity index is 1.65. The third kappa shape index (κ3) is 3.61. The standard InChI is InChI=1S/C19H20F2N2O3/c1-2-23(14-5-6-15(20)16(21)12-14)18(24)13-7-9-22(10-8-13)19(25)17-4-3-11-26-17/h3-6,11-13H,2,7-10H2,1H3. The lowest BCUT2D eigenvalue weighted by atomic mass is 9.94. The number of piperidine rings is 1. The van der Waals surface area contributed by atoms with Crippen molar-refractivity contribution in [3.63, 3.8) is 0 Å². The molecule has 5 nitrogen and oxygen atoms in total. The smallest absolute Gasteiger partial charge is 0.289 e. The molecule has 1 aliphatic heterocycles. The number of amides is 2. The van der Waals surface area contributed by atoms with E-state index in [1.54, 1.807) is 24.0 Å². The summed E-state index contributed by atoms with van der Waals surface area (Å²) in [6, 6.07) is 6.72. The molecule has 0 radical (unpaired) electrons. The molecule has 2 aromatic rings. The fraction of sp³-hybridized carbons (Fsp3) is 0.368. The van der Waals surface area contributed by atoms with E-state index >= 15 is 0 Å². The van der Waals surface area contributed by atoms with Crippen LogP contribution in [0.4, 0.5) is 14.5 Å². The first kappa shape index (κ1) is 18.1. The molecule has 7 heteroatoms. The molecular formula is C19H20F2N2O3. The van der Waals surface area contributed by atoms with Crippen LogP contribution in [0.3, 0.4) is 0 Å². The van der Waals surface area contributed by atoms with Crippen LogP contribution in [0.25, 0.3) is 0 Å². The molecule has 2 amide bonds. The van der Waals surface area contributed by atoms with Gasteiger partial charge in [0.2, 0.25) is 5.91 Å². The van der Waals surface area contributed by atoms with Gasteiger partial charge in [0.15, 0.2) is 17.4 Å². The van der Waals surface area contributed by atoms with Gasteiger partial charge in [-0.2, -0.15) is 0 Å². The Morgan fingerprint density at radius 3 is 2.50 bits per heavy atom. The molecule has 0 atom stereocenters. The molecule has 138 valence electrons. The van der Waals surface area contributed by atoms with E-state index in [2.05, 4.69) is 0 Å². The number of carbonyl (C=O) groups excluding carboxylic acids is 2. The van der Waals surface area contributed by atoms with Crippen molar-refractivity contribution in [2.24, 2.45) is 5.92 Å². The van der Waals surface area contributed by atoms with E-state index in [-0.39, 0.29) is 23.5 Å². The van der Waals surface area contributed by atoms with Gasteiger partial charge in [-0.3, -0.25) is 9.59 Å². The lowest BCUT2D eigenvalue weighted by molar-refractivity contribution is -0.123. The maximum atomic E-state index is 13.5. The van der Waals surface area contributed by atoms with Crippen LogP contribution in [0, 0.1) is 17.6 Å². The zero-order valence-corrected chi connectivity index (χ0v) is 14.5. The number of anilines is 1. The van der Waals surface area contributed by atoms with Crippen molar-refractivity contribution in [3.05, 3.63) is 54.0 Å². The van der Waals surface area contributed by atoms with Gasteiger partial charge in [-0.1, -0.05) is 0 Å². The van der Waals surface area contributed by atoms with E-state index in [1.807, 2.05) is 0 Å². The van der Waals surface area contributed by atoms with Crippen LogP contribution < -0.4 is 4.90 Å². The molecule has 0 saturated carbocycles. The molecule has 0 N–H and O–H groups in total. The molecule has 26 heavy (non-hydrogen) atoms. The largest absolute Gasteiger partial charge is 0.459 e. The molecule has 0 aliphatic carbocycles. The van der Waals surface area contributed by atoms with E-state index in [4.69, 9.17) is 4.42 Å². The number of carbonyl (C=O) groups is 2. The van der Waals surface area contributed by atoms with E-state index in [0.29, 0.717) is 38.2 Å². The topological polar surface area (TPSA) is 53.8 Å². The van der Waals surface area contributed by atoms with Gasteiger partial charge in [0.05, 0.1) is 6.26 Å². The van der Waals surface area contributed by atoms with E-state index in [0.717, 1.165) is 12.1 Å². The summed E-state index contributed by atoms with van der Waals surface area (Å²) in [5, 5.41) is 0. The first-order chi connectivity index (χ1) is 12.5. The van der Waals surface area contributed by atoms with Crippen LogP contribution in [-0.2, 0) is 4.79 Å². The highest BCUT2D eigenvalue weighted by molar-refractivity contribution is 5.95. The van der Waals surface area contributed by atoms with Gasteiger partial charge in [0.25, 0.3) is 5.91 Å². The highest BCUT2D eigenvalue weighted by atomic mass is 19.2. The highest BCUT2D eigenvalue weighted by Crippen LogP contribution is 2.25. The lowest BCUT2D eigenvalue weighted by Crippen LogP contribution is -2.44. The summed E-state index contributed by atoms with van der Waals surface area (Å²) in [5.74, 6) is -2.22. The monoisotopic (exact) mass is 362 g/mol. The average Bonchev–Trinajstić information content (AvgIpc) is 3.19. The summed E-state index contributed by atoms with van der Waals surface area (Å²) in [6.45, 7) is 3.04. The Labute approximate surface area is 150 Å². The van der Waals surface area contributed by atoms with Gasteiger partial charge in [-0.05, 0) is 44.0 Å². The summed E-state index contributed by atoms with van der Waals surface area (Å²) in [6.07, 6.45) is 2.49. The highest BCUT2D eigenvalue weighted by Gasteiger charge is 2.31. The first-order valence-electron chi connectivity index (χ1n) is 8.60. The zero-order chi connectivity index (χ0) is 18.7. The zero-order valence-electron chi connectivity index (χ0n) is 14.5. The van der Waals surface area contributed by atoms with Gasteiger partial charge in [0.1, 0.15) is 0 Å². The summed E-state index contributed by atoms with van der Waals surface area (Å²) < 4.78 is 31.7. The molecule has 1 aromatic carbocycles. The van der Waals surface area contributed by atoms with Crippen molar-refractivity contribution in [1.29, 1.82) is 0 Å². The van der Waals surface area contributed by atoms with Crippen molar-refractivity contribution in [1.82, 2.24) is 4.90 Å². The van der Waals surface area contributed by atoms with Crippen LogP contribution >= 0.6 is 0 Å². The normalized spacial score (nSPS) is 15.1. The fourth-order valence-corrected chi connectivity index (χ4v) is 3.22. The number of nitrogens with zero attached hydrogens (tertiary/aromatic N) is 2. The Kier molecular flexibility index (Phi) is 5.35. The Morgan fingerprint density at radius 2 is 1.92 bits per heavy atom. The van der Waals surface area contributed by atoms with E-state index in [9.17, 15) is 18.4 Å². The van der Waals surface area contributed by atoms with Crippen LogP contribution in [0.5, 0.6) is 0 Å². The van der Waals surface area contributed by atoms with E-state index < -0.39 is 11.6 Å². The van der Waals surface area contributed by atoms with Crippen molar-refractivity contribution in [2.75, 3.05) is 24.5 Å². The van der Waals surface area contributed by atoms with E-state index in [1.165, 1.54) is 17.2 Å². The van der Waals surface area contributed by atoms with Gasteiger partial charge < -0.3 is 14.2 Å². The number of hydrogen-bond donors (Lipinski definition) is 0. The predicted molar refractivity (Wildman–Crippen MR) is 91.7 cm³/mol. The molecule has 1 saturated heterocycles. The maximum absolute atomic E-state index is 13.5. The van der Waals surface area contributed by atoms with Gasteiger partial charge in [0, 0.05) is 37.3 Å². The quantitative estimate of drug-likeness (QED) is 0.837. The van der Waals surface area contributed by atoms with Crippen molar-refractivity contribution in [3.8, 4) is 0 Å². The number of benzene rings is 1. The molecular weight excluding hydrogens is 342 g/mol. The molecule has 1 fully saturated rings. The number of hydrogen-bond acceptors (Lipinski definition) is 3. The minimum Gasteiger partial charge on any atom is -0.459 e. The minimum atomic E-state index is -0.979. The SMILES string of the molecule is CCN(C(=O)C1CCN(C(=O)c2ccco2)CC1)c1ccc(F)c(F)c1. The lowest BCUT2D eigenvalue weighted by Gasteiger charge is -2.33. The van der Waals surface area contributed by atoms with Gasteiger partial charge in [-0.25, -0.2) is 8.78 Å². The molecule has 0 bridgehead atoms. The van der Waals surface area contributed by atoms with Crippen LogP contribution in [0.15, 0.2) is 41.0 Å². The van der Waals surface area contributed by atoms with Crippen LogP contribution in [-0.4, -0.2) is 36.3 Å². The fourth-order valence-electron chi connectivity index (χ4n) is 3.22. The van der Waals surface area contributed by atoms with Gasteiger partial charge in [-0.15, -0.1) is 0 Å². The van der Waals surface area contributed by atoms with Crippen LogP contribution in [0.2, 0.25) is 0 Å². The molecule has 0 spiro atoms. The predicted octanol–water partition coefficient (Wildman–Crippen LogP) is 3.46. The second-order valence-electron chi connectivity index (χ2n) is 6.22. The summed E-state index contributed by atoms with van der Waals surface area (Å²) >= 11 is 0. The molecule has 2 heterocycles. The summed E-state index contributed by atoms with van der Waals surface area (Å²) in [7, 11) is 0. The summed E-state index contributed by atoms with van der Waals surface area (Å²) in [4.78, 5) is 28.2. The van der Waals surface area contributed by atoms with Crippen molar-refractivity contribution in [2.45, 2.75) is 19.8 Å². The number of halogens is 2. The number of rotatable bonds is 4. The minimum absolute atomic E-state index is 0.136.